The van der Waals surface area contributed by atoms with Crippen LogP contribution in [-0.4, -0.2) is 17.5 Å². The molecule has 0 saturated heterocycles. The molecule has 0 bridgehead atoms. The highest BCUT2D eigenvalue weighted by Gasteiger charge is 2.07. The molecule has 12 heavy (non-hydrogen) atoms. The van der Waals surface area contributed by atoms with E-state index in [-0.39, 0.29) is 5.78 Å². The maximum absolute atomic E-state index is 11.1. The number of carbonyl (C=O) groups is 1. The highest BCUT2D eigenvalue weighted by molar-refractivity contribution is 6.17. The topological polar surface area (TPSA) is 37.3 Å². The number of alkyl halides is 1. The summed E-state index contributed by atoms with van der Waals surface area (Å²) in [7, 11) is 0. The lowest BCUT2D eigenvalue weighted by atomic mass is 10.1. The van der Waals surface area contributed by atoms with Crippen molar-refractivity contribution in [3.63, 3.8) is 0 Å². The van der Waals surface area contributed by atoms with Crippen LogP contribution in [0.5, 0.6) is 0 Å². The van der Waals surface area contributed by atoms with Crippen molar-refractivity contribution >= 4 is 17.4 Å². The Balaban J connectivity index is 3.04. The van der Waals surface area contributed by atoms with Gasteiger partial charge in [0.15, 0.2) is 5.78 Å². The number of benzene rings is 1. The van der Waals surface area contributed by atoms with E-state index in [1.54, 1.807) is 18.2 Å². The zero-order valence-electron chi connectivity index (χ0n) is 6.46. The molecular weight excluding hydrogens is 176 g/mol. The van der Waals surface area contributed by atoms with Crippen molar-refractivity contribution in [2.24, 2.45) is 0 Å². The number of Topliss-reactive ketones (excluding diaryl/α,β-unsaturated/α-hetero) is 1. The Morgan fingerprint density at radius 1 is 1.42 bits per heavy atom. The van der Waals surface area contributed by atoms with Gasteiger partial charge in [0, 0.05) is 11.4 Å². The normalized spacial score (nSPS) is 9.83. The quantitative estimate of drug-likeness (QED) is 0.573. The van der Waals surface area contributed by atoms with Gasteiger partial charge >= 0.3 is 0 Å². The first-order valence-corrected chi connectivity index (χ1v) is 4.11. The molecular formula is C9H9ClO2. The molecule has 3 heteroatoms. The summed E-state index contributed by atoms with van der Waals surface area (Å²) in [5, 5.41) is 8.62. The van der Waals surface area contributed by atoms with Gasteiger partial charge in [0.25, 0.3) is 0 Å². The van der Waals surface area contributed by atoms with Crippen LogP contribution >= 0.6 is 11.6 Å². The smallest absolute Gasteiger partial charge is 0.188 e. The predicted molar refractivity (Wildman–Crippen MR) is 47.4 cm³/mol. The molecule has 0 saturated carbocycles. The fourth-order valence-electron chi connectivity index (χ4n) is 0.994. The van der Waals surface area contributed by atoms with E-state index in [0.717, 1.165) is 5.56 Å². The molecule has 2 nitrogen and oxygen atoms in total. The highest BCUT2D eigenvalue weighted by atomic mass is 35.5. The molecule has 64 valence electrons. The number of aliphatic hydroxyl groups excluding tert-OH is 1. The molecule has 0 aromatic heterocycles. The van der Waals surface area contributed by atoms with E-state index in [2.05, 4.69) is 0 Å². The minimum absolute atomic E-state index is 0.286. The SMILES string of the molecule is O=C(CO)c1ccccc1CCl. The van der Waals surface area contributed by atoms with Crippen LogP contribution in [0.2, 0.25) is 0 Å². The lowest BCUT2D eigenvalue weighted by Crippen LogP contribution is -2.06. The van der Waals surface area contributed by atoms with Gasteiger partial charge in [-0.1, -0.05) is 24.3 Å². The maximum atomic E-state index is 11.1. The highest BCUT2D eigenvalue weighted by Crippen LogP contribution is 2.11. The minimum atomic E-state index is -0.464. The molecule has 0 spiro atoms. The summed E-state index contributed by atoms with van der Waals surface area (Å²) in [6, 6.07) is 7.00. The van der Waals surface area contributed by atoms with Crippen molar-refractivity contribution < 1.29 is 9.90 Å². The van der Waals surface area contributed by atoms with Gasteiger partial charge in [-0.3, -0.25) is 4.79 Å². The van der Waals surface area contributed by atoms with Gasteiger partial charge in [0.2, 0.25) is 0 Å². The van der Waals surface area contributed by atoms with Crippen LogP contribution in [0.1, 0.15) is 15.9 Å². The van der Waals surface area contributed by atoms with Gasteiger partial charge in [-0.25, -0.2) is 0 Å². The third-order valence-electron chi connectivity index (χ3n) is 1.61. The van der Waals surface area contributed by atoms with Crippen molar-refractivity contribution in [3.8, 4) is 0 Å². The third kappa shape index (κ3) is 1.84. The number of aliphatic hydroxyl groups is 1. The summed E-state index contributed by atoms with van der Waals surface area (Å²) in [6.45, 7) is -0.464. The Morgan fingerprint density at radius 2 is 2.08 bits per heavy atom. The monoisotopic (exact) mass is 184 g/mol. The van der Waals surface area contributed by atoms with E-state index < -0.39 is 6.61 Å². The predicted octanol–water partition coefficient (Wildman–Crippen LogP) is 1.60. The van der Waals surface area contributed by atoms with E-state index in [9.17, 15) is 4.79 Å². The van der Waals surface area contributed by atoms with Gasteiger partial charge < -0.3 is 5.11 Å². The third-order valence-corrected chi connectivity index (χ3v) is 1.89. The first-order valence-electron chi connectivity index (χ1n) is 3.57. The Bertz CT molecular complexity index is 284. The summed E-state index contributed by atoms with van der Waals surface area (Å²) in [5.41, 5.74) is 1.27. The lowest BCUT2D eigenvalue weighted by Gasteiger charge is -2.02. The molecule has 0 atom stereocenters. The summed E-state index contributed by atoms with van der Waals surface area (Å²) in [5.74, 6) is 0.00769. The number of rotatable bonds is 3. The number of carbonyl (C=O) groups excluding carboxylic acids is 1. The second-order valence-electron chi connectivity index (χ2n) is 2.37. The lowest BCUT2D eigenvalue weighted by molar-refractivity contribution is 0.0903. The number of hydrogen-bond donors (Lipinski definition) is 1. The van der Waals surface area contributed by atoms with Crippen molar-refractivity contribution in [2.45, 2.75) is 5.88 Å². The van der Waals surface area contributed by atoms with Gasteiger partial charge in [0.05, 0.1) is 0 Å². The van der Waals surface area contributed by atoms with Crippen LogP contribution in [0.15, 0.2) is 24.3 Å². The van der Waals surface area contributed by atoms with E-state index in [1.165, 1.54) is 0 Å². The molecule has 0 aliphatic carbocycles. The van der Waals surface area contributed by atoms with Crippen molar-refractivity contribution in [1.29, 1.82) is 0 Å². The van der Waals surface area contributed by atoms with Crippen LogP contribution in [0.25, 0.3) is 0 Å². The average Bonchev–Trinajstić information content (AvgIpc) is 2.16. The van der Waals surface area contributed by atoms with Crippen LogP contribution in [-0.2, 0) is 5.88 Å². The number of halogens is 1. The Kier molecular flexibility index (Phi) is 3.26. The fraction of sp³-hybridized carbons (Fsp3) is 0.222. The molecule has 1 rings (SSSR count). The molecule has 0 fully saturated rings. The molecule has 1 N–H and O–H groups in total. The first kappa shape index (κ1) is 9.23. The maximum Gasteiger partial charge on any atom is 0.188 e. The first-order chi connectivity index (χ1) is 5.79. The van der Waals surface area contributed by atoms with Crippen molar-refractivity contribution in [2.75, 3.05) is 6.61 Å². The molecule has 0 unspecified atom stereocenters. The van der Waals surface area contributed by atoms with E-state index in [4.69, 9.17) is 16.7 Å². The minimum Gasteiger partial charge on any atom is -0.388 e. The Morgan fingerprint density at radius 3 is 2.67 bits per heavy atom. The zero-order valence-corrected chi connectivity index (χ0v) is 7.21. The molecule has 0 radical (unpaired) electrons. The summed E-state index contributed by atoms with van der Waals surface area (Å²) < 4.78 is 0. The number of ketones is 1. The summed E-state index contributed by atoms with van der Waals surface area (Å²) >= 11 is 5.60. The van der Waals surface area contributed by atoms with Crippen LogP contribution in [0.4, 0.5) is 0 Å². The Labute approximate surface area is 75.8 Å². The Hall–Kier alpha value is -0.860. The van der Waals surface area contributed by atoms with E-state index >= 15 is 0 Å². The molecule has 1 aromatic carbocycles. The van der Waals surface area contributed by atoms with Crippen molar-refractivity contribution in [1.82, 2.24) is 0 Å². The van der Waals surface area contributed by atoms with Gasteiger partial charge in [-0.2, -0.15) is 0 Å². The van der Waals surface area contributed by atoms with Gasteiger partial charge in [-0.05, 0) is 5.56 Å². The van der Waals surface area contributed by atoms with Crippen LogP contribution in [0.3, 0.4) is 0 Å². The summed E-state index contributed by atoms with van der Waals surface area (Å²) in [6.07, 6.45) is 0. The second kappa shape index (κ2) is 4.24. The van der Waals surface area contributed by atoms with Gasteiger partial charge in [-0.15, -0.1) is 11.6 Å². The second-order valence-corrected chi connectivity index (χ2v) is 2.64. The van der Waals surface area contributed by atoms with E-state index in [0.29, 0.717) is 11.4 Å². The molecule has 0 heterocycles. The summed E-state index contributed by atoms with van der Waals surface area (Å²) in [4.78, 5) is 11.1. The molecule has 0 amide bonds. The van der Waals surface area contributed by atoms with Crippen LogP contribution in [0, 0.1) is 0 Å². The van der Waals surface area contributed by atoms with E-state index in [1.807, 2.05) is 6.07 Å². The fourth-order valence-corrected chi connectivity index (χ4v) is 1.23. The van der Waals surface area contributed by atoms with Crippen LogP contribution < -0.4 is 0 Å². The number of hydrogen-bond acceptors (Lipinski definition) is 2. The largest absolute Gasteiger partial charge is 0.388 e. The molecule has 0 aliphatic heterocycles. The van der Waals surface area contributed by atoms with Crippen molar-refractivity contribution in [3.05, 3.63) is 35.4 Å². The van der Waals surface area contributed by atoms with Gasteiger partial charge in [0.1, 0.15) is 6.61 Å². The molecule has 1 aromatic rings. The standard InChI is InChI=1S/C9H9ClO2/c10-5-7-3-1-2-4-8(7)9(12)6-11/h1-4,11H,5-6H2. The molecule has 0 aliphatic rings. The average molecular weight is 185 g/mol. The zero-order chi connectivity index (χ0) is 8.97.